The van der Waals surface area contributed by atoms with Crippen molar-refractivity contribution in [1.29, 1.82) is 0 Å². The number of carbonyl (C=O) groups is 1. The Morgan fingerprint density at radius 2 is 1.76 bits per heavy atom. The molecule has 0 aliphatic rings. The van der Waals surface area contributed by atoms with E-state index in [2.05, 4.69) is 11.8 Å². The molecule has 102 valence electrons. The zero-order chi connectivity index (χ0) is 12.9. The maximum Gasteiger partial charge on any atom is 0.305 e. The van der Waals surface area contributed by atoms with Crippen LogP contribution in [0.2, 0.25) is 0 Å². The molecule has 0 spiro atoms. The zero-order valence-corrected chi connectivity index (χ0v) is 12.1. The Balaban J connectivity index is 3.54. The summed E-state index contributed by atoms with van der Waals surface area (Å²) in [5, 5.41) is 0. The van der Waals surface area contributed by atoms with E-state index in [1.54, 1.807) is 0 Å². The third-order valence-electron chi connectivity index (χ3n) is 2.46. The van der Waals surface area contributed by atoms with Gasteiger partial charge in [-0.3, -0.25) is 9.69 Å². The van der Waals surface area contributed by atoms with Gasteiger partial charge in [-0.2, -0.15) is 0 Å². The molecule has 0 aromatic rings. The number of nitrogens with zero attached hydrogens (tertiary/aromatic N) is 1. The van der Waals surface area contributed by atoms with Gasteiger partial charge in [0.25, 0.3) is 0 Å². The monoisotopic (exact) mass is 283 g/mol. The lowest BCUT2D eigenvalue weighted by Gasteiger charge is -2.19. The SMILES string of the molecule is CCCCCC(=O)OCCN(CCCl)CCCl. The van der Waals surface area contributed by atoms with E-state index in [1.165, 1.54) is 0 Å². The molecule has 0 aromatic heterocycles. The standard InChI is InChI=1S/C12H23Cl2NO2/c1-2-3-4-5-12(16)17-11-10-15(8-6-13)9-7-14/h2-11H2,1H3. The number of alkyl halides is 2. The predicted molar refractivity (Wildman–Crippen MR) is 73.0 cm³/mol. The van der Waals surface area contributed by atoms with Crippen molar-refractivity contribution < 1.29 is 9.53 Å². The largest absolute Gasteiger partial charge is 0.464 e. The van der Waals surface area contributed by atoms with Crippen molar-refractivity contribution in [3.05, 3.63) is 0 Å². The van der Waals surface area contributed by atoms with Gasteiger partial charge < -0.3 is 4.74 Å². The van der Waals surface area contributed by atoms with Gasteiger partial charge in [-0.05, 0) is 6.42 Å². The lowest BCUT2D eigenvalue weighted by Crippen LogP contribution is -2.31. The molecule has 0 saturated carbocycles. The van der Waals surface area contributed by atoms with Gasteiger partial charge in [0.05, 0.1) is 0 Å². The molecule has 5 heteroatoms. The van der Waals surface area contributed by atoms with Gasteiger partial charge in [-0.15, -0.1) is 23.2 Å². The number of halogens is 2. The predicted octanol–water partition coefficient (Wildman–Crippen LogP) is 2.89. The summed E-state index contributed by atoms with van der Waals surface area (Å²) in [5.74, 6) is 1.04. The fourth-order valence-corrected chi connectivity index (χ4v) is 1.93. The van der Waals surface area contributed by atoms with Gasteiger partial charge in [0.2, 0.25) is 0 Å². The van der Waals surface area contributed by atoms with E-state index in [4.69, 9.17) is 27.9 Å². The van der Waals surface area contributed by atoms with Gasteiger partial charge in [0, 0.05) is 37.8 Å². The van der Waals surface area contributed by atoms with Crippen molar-refractivity contribution >= 4 is 29.2 Å². The summed E-state index contributed by atoms with van der Waals surface area (Å²) in [6, 6.07) is 0. The van der Waals surface area contributed by atoms with Crippen LogP contribution in [0, 0.1) is 0 Å². The van der Waals surface area contributed by atoms with Crippen molar-refractivity contribution in [3.63, 3.8) is 0 Å². The van der Waals surface area contributed by atoms with E-state index in [1.807, 2.05) is 0 Å². The first-order valence-corrected chi connectivity index (χ1v) is 7.31. The van der Waals surface area contributed by atoms with Gasteiger partial charge in [0.15, 0.2) is 0 Å². The fraction of sp³-hybridized carbons (Fsp3) is 0.917. The summed E-state index contributed by atoms with van der Waals surface area (Å²) in [6.45, 7) is 4.81. The highest BCUT2D eigenvalue weighted by Gasteiger charge is 2.06. The number of esters is 1. The Hall–Kier alpha value is 0.01000. The molecule has 0 saturated heterocycles. The minimum atomic E-state index is -0.102. The Kier molecular flexibility index (Phi) is 12.5. The summed E-state index contributed by atoms with van der Waals surface area (Å²) in [7, 11) is 0. The van der Waals surface area contributed by atoms with Crippen LogP contribution in [-0.2, 0) is 9.53 Å². The molecule has 17 heavy (non-hydrogen) atoms. The van der Waals surface area contributed by atoms with Crippen molar-refractivity contribution in [2.75, 3.05) is 38.0 Å². The van der Waals surface area contributed by atoms with Gasteiger partial charge >= 0.3 is 5.97 Å². The molecule has 0 bridgehead atoms. The van der Waals surface area contributed by atoms with Crippen LogP contribution in [-0.4, -0.2) is 48.9 Å². The van der Waals surface area contributed by atoms with E-state index < -0.39 is 0 Å². The van der Waals surface area contributed by atoms with Gasteiger partial charge in [-0.25, -0.2) is 0 Å². The van der Waals surface area contributed by atoms with Crippen LogP contribution in [0.5, 0.6) is 0 Å². The summed E-state index contributed by atoms with van der Waals surface area (Å²) in [6.07, 6.45) is 3.65. The number of carbonyl (C=O) groups excluding carboxylic acids is 1. The Bertz CT molecular complexity index is 185. The molecule has 0 aliphatic heterocycles. The molecule has 0 heterocycles. The number of hydrogen-bond acceptors (Lipinski definition) is 3. The van der Waals surface area contributed by atoms with Crippen molar-refractivity contribution in [3.8, 4) is 0 Å². The quantitative estimate of drug-likeness (QED) is 0.332. The third-order valence-corrected chi connectivity index (χ3v) is 2.79. The lowest BCUT2D eigenvalue weighted by molar-refractivity contribution is -0.144. The molecule has 0 aliphatic carbocycles. The second-order valence-corrected chi connectivity index (χ2v) is 4.65. The molecule has 0 aromatic carbocycles. The van der Waals surface area contributed by atoms with Crippen LogP contribution in [0.15, 0.2) is 0 Å². The Morgan fingerprint density at radius 1 is 1.12 bits per heavy atom. The van der Waals surface area contributed by atoms with Crippen LogP contribution in [0.1, 0.15) is 32.6 Å². The van der Waals surface area contributed by atoms with Gasteiger partial charge in [-0.1, -0.05) is 19.8 Å². The molecule has 0 radical (unpaired) electrons. The zero-order valence-electron chi connectivity index (χ0n) is 10.6. The minimum absolute atomic E-state index is 0.102. The average Bonchev–Trinajstić information content (AvgIpc) is 2.30. The number of ether oxygens (including phenoxy) is 1. The number of rotatable bonds is 11. The molecule has 3 nitrogen and oxygen atoms in total. The van der Waals surface area contributed by atoms with E-state index in [0.717, 1.165) is 32.4 Å². The Morgan fingerprint density at radius 3 is 2.29 bits per heavy atom. The molecule has 0 N–H and O–H groups in total. The highest BCUT2D eigenvalue weighted by Crippen LogP contribution is 2.00. The van der Waals surface area contributed by atoms with Crippen molar-refractivity contribution in [1.82, 2.24) is 4.90 Å². The van der Waals surface area contributed by atoms with Crippen LogP contribution in [0.25, 0.3) is 0 Å². The molecule has 0 amide bonds. The maximum absolute atomic E-state index is 11.3. The van der Waals surface area contributed by atoms with Crippen molar-refractivity contribution in [2.24, 2.45) is 0 Å². The highest BCUT2D eigenvalue weighted by molar-refractivity contribution is 6.18. The molecule has 0 unspecified atom stereocenters. The van der Waals surface area contributed by atoms with Crippen LogP contribution in [0.4, 0.5) is 0 Å². The second kappa shape index (κ2) is 12.5. The molecule has 0 fully saturated rings. The Labute approximate surface area is 114 Å². The summed E-state index contributed by atoms with van der Waals surface area (Å²) in [5.41, 5.74) is 0. The minimum Gasteiger partial charge on any atom is -0.464 e. The summed E-state index contributed by atoms with van der Waals surface area (Å²) >= 11 is 11.3. The molecular formula is C12H23Cl2NO2. The summed E-state index contributed by atoms with van der Waals surface area (Å²) in [4.78, 5) is 13.4. The summed E-state index contributed by atoms with van der Waals surface area (Å²) < 4.78 is 5.14. The van der Waals surface area contributed by atoms with E-state index in [0.29, 0.717) is 31.3 Å². The first kappa shape index (κ1) is 17.0. The topological polar surface area (TPSA) is 29.5 Å². The van der Waals surface area contributed by atoms with E-state index in [-0.39, 0.29) is 5.97 Å². The highest BCUT2D eigenvalue weighted by atomic mass is 35.5. The van der Waals surface area contributed by atoms with E-state index >= 15 is 0 Å². The first-order valence-electron chi connectivity index (χ1n) is 6.24. The number of unbranched alkanes of at least 4 members (excludes halogenated alkanes) is 2. The molecular weight excluding hydrogens is 261 g/mol. The van der Waals surface area contributed by atoms with E-state index in [9.17, 15) is 4.79 Å². The van der Waals surface area contributed by atoms with Crippen LogP contribution in [0.3, 0.4) is 0 Å². The lowest BCUT2D eigenvalue weighted by atomic mass is 10.2. The molecule has 0 rings (SSSR count). The second-order valence-electron chi connectivity index (χ2n) is 3.90. The first-order chi connectivity index (χ1) is 8.24. The average molecular weight is 284 g/mol. The normalized spacial score (nSPS) is 10.8. The fourth-order valence-electron chi connectivity index (χ4n) is 1.45. The third kappa shape index (κ3) is 10.9. The van der Waals surface area contributed by atoms with Gasteiger partial charge in [0.1, 0.15) is 6.61 Å². The maximum atomic E-state index is 11.3. The van der Waals surface area contributed by atoms with Crippen LogP contribution >= 0.6 is 23.2 Å². The van der Waals surface area contributed by atoms with Crippen LogP contribution < -0.4 is 0 Å². The number of hydrogen-bond donors (Lipinski definition) is 0. The van der Waals surface area contributed by atoms with Crippen molar-refractivity contribution in [2.45, 2.75) is 32.6 Å². The molecule has 0 atom stereocenters. The smallest absolute Gasteiger partial charge is 0.305 e.